The minimum atomic E-state index is -0.361. The zero-order chi connectivity index (χ0) is 19.9. The van der Waals surface area contributed by atoms with Crippen molar-refractivity contribution < 1.29 is 19.1 Å². The molecule has 28 heavy (non-hydrogen) atoms. The fourth-order valence-corrected chi connectivity index (χ4v) is 3.93. The third-order valence-electron chi connectivity index (χ3n) is 3.72. The summed E-state index contributed by atoms with van der Waals surface area (Å²) in [6.45, 7) is 0. The zero-order valence-corrected chi connectivity index (χ0v) is 16.8. The molecule has 144 valence electrons. The van der Waals surface area contributed by atoms with E-state index < -0.39 is 0 Å². The van der Waals surface area contributed by atoms with E-state index in [0.29, 0.717) is 27.8 Å². The van der Waals surface area contributed by atoms with Gasteiger partial charge in [-0.25, -0.2) is 4.79 Å². The number of hydrogen-bond donors (Lipinski definition) is 1. The van der Waals surface area contributed by atoms with Crippen molar-refractivity contribution in [1.82, 2.24) is 10.2 Å². The number of carbonyl (C=O) groups is 2. The maximum atomic E-state index is 12.3. The molecule has 0 aliphatic heterocycles. The lowest BCUT2D eigenvalue weighted by Crippen LogP contribution is -2.11. The van der Waals surface area contributed by atoms with Gasteiger partial charge in [0.15, 0.2) is 4.34 Å². The van der Waals surface area contributed by atoms with Crippen LogP contribution in [0.25, 0.3) is 0 Å². The summed E-state index contributed by atoms with van der Waals surface area (Å²) in [5.41, 5.74) is 2.06. The van der Waals surface area contributed by atoms with Gasteiger partial charge in [0, 0.05) is 11.3 Å². The number of nitrogens with one attached hydrogen (secondary N) is 1. The predicted octanol–water partition coefficient (Wildman–Crippen LogP) is 3.88. The van der Waals surface area contributed by atoms with E-state index in [1.165, 1.54) is 30.2 Å². The average Bonchev–Trinajstić information content (AvgIpc) is 3.19. The van der Waals surface area contributed by atoms with Gasteiger partial charge in [0.25, 0.3) is 5.91 Å². The molecule has 0 saturated heterocycles. The van der Waals surface area contributed by atoms with Crippen molar-refractivity contribution in [3.8, 4) is 5.75 Å². The summed E-state index contributed by atoms with van der Waals surface area (Å²) in [4.78, 5) is 23.7. The van der Waals surface area contributed by atoms with Gasteiger partial charge in [0.05, 0.1) is 19.8 Å². The molecule has 0 spiro atoms. The number of amides is 1. The molecule has 0 saturated carbocycles. The molecular weight excluding hydrogens is 398 g/mol. The molecule has 0 unspecified atom stereocenters. The van der Waals surface area contributed by atoms with Crippen molar-refractivity contribution in [3.63, 3.8) is 0 Å². The standard InChI is InChI=1S/C19H17N3O4S2/c1-25-15-9-7-13(8-10-15)16(23)20-18-21-22-19(28-18)27-11-12-3-5-14(6-4-12)17(24)26-2/h3-10H,11H2,1-2H3,(H,20,21,23). The number of rotatable bonds is 7. The van der Waals surface area contributed by atoms with Gasteiger partial charge < -0.3 is 9.47 Å². The van der Waals surface area contributed by atoms with Crippen LogP contribution in [-0.2, 0) is 10.5 Å². The molecule has 0 radical (unpaired) electrons. The van der Waals surface area contributed by atoms with E-state index in [1.807, 2.05) is 12.1 Å². The Balaban J connectivity index is 1.55. The fraction of sp³-hybridized carbons (Fsp3) is 0.158. The number of esters is 1. The van der Waals surface area contributed by atoms with Gasteiger partial charge in [-0.1, -0.05) is 35.2 Å². The van der Waals surface area contributed by atoms with Crippen molar-refractivity contribution in [2.45, 2.75) is 10.1 Å². The number of hydrogen-bond acceptors (Lipinski definition) is 8. The first-order valence-corrected chi connectivity index (χ1v) is 9.98. The van der Waals surface area contributed by atoms with E-state index in [-0.39, 0.29) is 11.9 Å². The van der Waals surface area contributed by atoms with Crippen LogP contribution in [0.2, 0.25) is 0 Å². The van der Waals surface area contributed by atoms with Crippen molar-refractivity contribution >= 4 is 40.1 Å². The Morgan fingerprint density at radius 2 is 1.68 bits per heavy atom. The van der Waals surface area contributed by atoms with Crippen LogP contribution in [0.1, 0.15) is 26.3 Å². The molecule has 0 atom stereocenters. The maximum absolute atomic E-state index is 12.3. The Hall–Kier alpha value is -2.91. The first-order chi connectivity index (χ1) is 13.6. The minimum Gasteiger partial charge on any atom is -0.497 e. The van der Waals surface area contributed by atoms with Crippen molar-refractivity contribution in [1.29, 1.82) is 0 Å². The number of carbonyl (C=O) groups excluding carboxylic acids is 2. The average molecular weight is 415 g/mol. The minimum absolute atomic E-state index is 0.256. The molecule has 2 aromatic carbocycles. The molecule has 0 bridgehead atoms. The Bertz CT molecular complexity index is 956. The fourth-order valence-electron chi connectivity index (χ4n) is 2.23. The summed E-state index contributed by atoms with van der Waals surface area (Å²) >= 11 is 2.81. The van der Waals surface area contributed by atoms with Crippen LogP contribution in [0.4, 0.5) is 5.13 Å². The van der Waals surface area contributed by atoms with E-state index in [2.05, 4.69) is 20.3 Å². The SMILES string of the molecule is COC(=O)c1ccc(CSc2nnc(NC(=O)c3ccc(OC)cc3)s2)cc1. The molecule has 1 N–H and O–H groups in total. The van der Waals surface area contributed by atoms with E-state index >= 15 is 0 Å². The second kappa shape index (κ2) is 9.34. The summed E-state index contributed by atoms with van der Waals surface area (Å²) in [7, 11) is 2.93. The van der Waals surface area contributed by atoms with Gasteiger partial charge in [-0.15, -0.1) is 10.2 Å². The first kappa shape index (κ1) is 19.8. The Labute approximate surface area is 170 Å². The lowest BCUT2D eigenvalue weighted by atomic mass is 10.1. The summed E-state index contributed by atoms with van der Waals surface area (Å²) in [6, 6.07) is 14.0. The summed E-state index contributed by atoms with van der Waals surface area (Å²) in [6.07, 6.45) is 0. The van der Waals surface area contributed by atoms with Crippen molar-refractivity contribution in [3.05, 3.63) is 65.2 Å². The van der Waals surface area contributed by atoms with Crippen LogP contribution in [0.15, 0.2) is 52.9 Å². The van der Waals surface area contributed by atoms with Crippen LogP contribution < -0.4 is 10.1 Å². The highest BCUT2D eigenvalue weighted by Crippen LogP contribution is 2.28. The monoisotopic (exact) mass is 415 g/mol. The van der Waals surface area contributed by atoms with Crippen molar-refractivity contribution in [2.24, 2.45) is 0 Å². The van der Waals surface area contributed by atoms with Crippen LogP contribution in [0, 0.1) is 0 Å². The van der Waals surface area contributed by atoms with Gasteiger partial charge >= 0.3 is 5.97 Å². The highest BCUT2D eigenvalue weighted by molar-refractivity contribution is 8.00. The normalized spacial score (nSPS) is 10.4. The summed E-state index contributed by atoms with van der Waals surface area (Å²) in [5.74, 6) is 0.739. The largest absolute Gasteiger partial charge is 0.497 e. The number of ether oxygens (including phenoxy) is 2. The van der Waals surface area contributed by atoms with Gasteiger partial charge in [0.2, 0.25) is 5.13 Å². The molecule has 9 heteroatoms. The highest BCUT2D eigenvalue weighted by atomic mass is 32.2. The Kier molecular flexibility index (Phi) is 6.62. The number of thioether (sulfide) groups is 1. The molecule has 3 aromatic rings. The quantitative estimate of drug-likeness (QED) is 0.356. The molecule has 0 aliphatic rings. The van der Waals surface area contributed by atoms with Gasteiger partial charge in [-0.2, -0.15) is 0 Å². The van der Waals surface area contributed by atoms with Gasteiger partial charge in [-0.05, 0) is 42.0 Å². The predicted molar refractivity (Wildman–Crippen MR) is 108 cm³/mol. The van der Waals surface area contributed by atoms with Crippen molar-refractivity contribution in [2.75, 3.05) is 19.5 Å². The lowest BCUT2D eigenvalue weighted by molar-refractivity contribution is 0.0600. The summed E-state index contributed by atoms with van der Waals surface area (Å²) < 4.78 is 10.5. The van der Waals surface area contributed by atoms with Crippen LogP contribution in [0.5, 0.6) is 5.75 Å². The number of methoxy groups -OCH3 is 2. The molecule has 1 heterocycles. The highest BCUT2D eigenvalue weighted by Gasteiger charge is 2.11. The van der Waals surface area contributed by atoms with Gasteiger partial charge in [0.1, 0.15) is 5.75 Å². The van der Waals surface area contributed by atoms with Crippen LogP contribution in [-0.4, -0.2) is 36.3 Å². The first-order valence-electron chi connectivity index (χ1n) is 8.18. The topological polar surface area (TPSA) is 90.4 Å². The van der Waals surface area contributed by atoms with Gasteiger partial charge in [-0.3, -0.25) is 10.1 Å². The molecule has 3 rings (SSSR count). The molecular formula is C19H17N3O4S2. The van der Waals surface area contributed by atoms with E-state index in [0.717, 1.165) is 9.90 Å². The molecule has 0 fully saturated rings. The number of aromatic nitrogens is 2. The third kappa shape index (κ3) is 5.08. The van der Waals surface area contributed by atoms with Crippen LogP contribution >= 0.6 is 23.1 Å². The Morgan fingerprint density at radius 1 is 1.00 bits per heavy atom. The second-order valence-electron chi connectivity index (χ2n) is 5.53. The number of nitrogens with zero attached hydrogens (tertiary/aromatic N) is 2. The Morgan fingerprint density at radius 3 is 2.32 bits per heavy atom. The maximum Gasteiger partial charge on any atom is 0.337 e. The molecule has 1 amide bonds. The van der Waals surface area contributed by atoms with Crippen LogP contribution in [0.3, 0.4) is 0 Å². The van der Waals surface area contributed by atoms with E-state index in [4.69, 9.17) is 4.74 Å². The lowest BCUT2D eigenvalue weighted by Gasteiger charge is -2.03. The smallest absolute Gasteiger partial charge is 0.337 e. The van der Waals surface area contributed by atoms with E-state index in [1.54, 1.807) is 43.5 Å². The summed E-state index contributed by atoms with van der Waals surface area (Å²) in [5, 5.41) is 11.3. The second-order valence-corrected chi connectivity index (χ2v) is 7.73. The molecule has 7 nitrogen and oxygen atoms in total. The third-order valence-corrected chi connectivity index (χ3v) is 5.76. The molecule has 1 aromatic heterocycles. The number of anilines is 1. The number of benzene rings is 2. The zero-order valence-electron chi connectivity index (χ0n) is 15.2. The molecule has 0 aliphatic carbocycles. The van der Waals surface area contributed by atoms with E-state index in [9.17, 15) is 9.59 Å².